The van der Waals surface area contributed by atoms with Crippen LogP contribution in [0.4, 0.5) is 0 Å². The Morgan fingerprint density at radius 1 is 1.30 bits per heavy atom. The summed E-state index contributed by atoms with van der Waals surface area (Å²) in [6, 6.07) is 9.97. The van der Waals surface area contributed by atoms with Crippen molar-refractivity contribution in [2.45, 2.75) is 31.8 Å². The Kier molecular flexibility index (Phi) is 3.62. The molecule has 0 radical (unpaired) electrons. The molecule has 1 spiro atoms. The van der Waals surface area contributed by atoms with Gasteiger partial charge in [-0.15, -0.1) is 0 Å². The largest absolute Gasteiger partial charge is 0.480 e. The molecule has 3 N–H and O–H groups in total. The highest BCUT2D eigenvalue weighted by Crippen LogP contribution is 2.42. The lowest BCUT2D eigenvalue weighted by Gasteiger charge is -2.33. The van der Waals surface area contributed by atoms with Crippen LogP contribution in [-0.4, -0.2) is 46.6 Å². The van der Waals surface area contributed by atoms with Crippen molar-refractivity contribution in [3.05, 3.63) is 36.0 Å². The molecular weight excluding hydrogens is 290 g/mol. The number of benzene rings is 1. The number of carboxylic acids is 1. The first-order chi connectivity index (χ1) is 11.2. The van der Waals surface area contributed by atoms with E-state index in [0.29, 0.717) is 6.54 Å². The molecule has 3 heterocycles. The number of H-pyrrole nitrogens is 1. The zero-order valence-electron chi connectivity index (χ0n) is 13.2. The Morgan fingerprint density at radius 2 is 2.09 bits per heavy atom. The average molecular weight is 313 g/mol. The summed E-state index contributed by atoms with van der Waals surface area (Å²) in [5.41, 5.74) is 2.40. The number of fused-ring (bicyclic) bond motifs is 1. The number of nitrogens with one attached hydrogen (secondary N) is 2. The molecule has 2 fully saturated rings. The van der Waals surface area contributed by atoms with Crippen molar-refractivity contribution >= 4 is 16.9 Å². The second-order valence-electron chi connectivity index (χ2n) is 7.09. The third-order valence-electron chi connectivity index (χ3n) is 5.51. The zero-order chi connectivity index (χ0) is 15.9. The van der Waals surface area contributed by atoms with Gasteiger partial charge in [-0.05, 0) is 55.3 Å². The first kappa shape index (κ1) is 14.7. The van der Waals surface area contributed by atoms with Gasteiger partial charge >= 0.3 is 5.97 Å². The highest BCUT2D eigenvalue weighted by Gasteiger charge is 2.47. The Hall–Kier alpha value is -1.85. The van der Waals surface area contributed by atoms with E-state index < -0.39 is 5.97 Å². The minimum absolute atomic E-state index is 0.181. The summed E-state index contributed by atoms with van der Waals surface area (Å²) in [6.45, 7) is 3.58. The van der Waals surface area contributed by atoms with E-state index in [-0.39, 0.29) is 11.5 Å². The third kappa shape index (κ3) is 2.75. The number of piperidine rings is 1. The second kappa shape index (κ2) is 5.65. The summed E-state index contributed by atoms with van der Waals surface area (Å²) in [4.78, 5) is 17.3. The molecule has 122 valence electrons. The maximum absolute atomic E-state index is 11.7. The van der Waals surface area contributed by atoms with E-state index >= 15 is 0 Å². The molecule has 2 aromatic rings. The summed E-state index contributed by atoms with van der Waals surface area (Å²) in [5, 5.41) is 14.2. The third-order valence-corrected chi connectivity index (χ3v) is 5.51. The van der Waals surface area contributed by atoms with Gasteiger partial charge in [-0.2, -0.15) is 0 Å². The van der Waals surface area contributed by atoms with Crippen molar-refractivity contribution in [2.75, 3.05) is 19.6 Å². The molecule has 2 saturated heterocycles. The lowest BCUT2D eigenvalue weighted by Crippen LogP contribution is -2.38. The van der Waals surface area contributed by atoms with Crippen LogP contribution in [0.1, 0.15) is 25.0 Å². The normalized spacial score (nSPS) is 24.4. The molecule has 23 heavy (non-hydrogen) atoms. The molecule has 2 aliphatic rings. The predicted molar refractivity (Wildman–Crippen MR) is 89.3 cm³/mol. The molecule has 0 saturated carbocycles. The Labute approximate surface area is 135 Å². The summed E-state index contributed by atoms with van der Waals surface area (Å²) in [6.07, 6.45) is 2.95. The maximum atomic E-state index is 11.7. The van der Waals surface area contributed by atoms with Crippen LogP contribution in [0.15, 0.2) is 30.3 Å². The van der Waals surface area contributed by atoms with Crippen LogP contribution in [0.3, 0.4) is 0 Å². The van der Waals surface area contributed by atoms with Crippen molar-refractivity contribution in [3.8, 4) is 0 Å². The van der Waals surface area contributed by atoms with Gasteiger partial charge in [0.15, 0.2) is 0 Å². The summed E-state index contributed by atoms with van der Waals surface area (Å²) >= 11 is 0. The number of carbonyl (C=O) groups is 1. The van der Waals surface area contributed by atoms with E-state index in [1.807, 2.05) is 12.1 Å². The fourth-order valence-electron chi connectivity index (χ4n) is 4.31. The Bertz CT molecular complexity index is 685. The maximum Gasteiger partial charge on any atom is 0.320 e. The van der Waals surface area contributed by atoms with E-state index in [1.54, 1.807) is 0 Å². The molecule has 2 aliphatic heterocycles. The van der Waals surface area contributed by atoms with E-state index in [0.717, 1.165) is 50.1 Å². The number of aromatic nitrogens is 1. The molecule has 4 rings (SSSR count). The number of likely N-dealkylation sites (tertiary alicyclic amines) is 1. The molecule has 0 bridgehead atoms. The van der Waals surface area contributed by atoms with Gasteiger partial charge < -0.3 is 15.4 Å². The second-order valence-corrected chi connectivity index (χ2v) is 7.09. The topological polar surface area (TPSA) is 68.4 Å². The molecule has 0 unspecified atom stereocenters. The lowest BCUT2D eigenvalue weighted by atomic mass is 9.77. The van der Waals surface area contributed by atoms with Gasteiger partial charge in [-0.1, -0.05) is 18.2 Å². The number of para-hydroxylation sites is 1. The molecule has 0 aliphatic carbocycles. The van der Waals surface area contributed by atoms with E-state index in [1.165, 1.54) is 5.39 Å². The number of aliphatic carboxylic acids is 1. The van der Waals surface area contributed by atoms with Crippen LogP contribution < -0.4 is 5.32 Å². The Balaban J connectivity index is 1.57. The molecule has 5 heteroatoms. The summed E-state index contributed by atoms with van der Waals surface area (Å²) in [7, 11) is 0. The van der Waals surface area contributed by atoms with Crippen LogP contribution >= 0.6 is 0 Å². The smallest absolute Gasteiger partial charge is 0.320 e. The quantitative estimate of drug-likeness (QED) is 0.812. The molecule has 0 amide bonds. The number of nitrogens with zero attached hydrogens (tertiary/aromatic N) is 1. The molecule has 1 aromatic carbocycles. The van der Waals surface area contributed by atoms with Crippen LogP contribution in [0.2, 0.25) is 0 Å². The van der Waals surface area contributed by atoms with E-state index in [4.69, 9.17) is 0 Å². The standard InChI is InChI=1S/C18H23N3O2/c22-17(23)16-10-18(5-7-19-8-6-18)12-21(16)11-14-9-13-3-1-2-4-15(13)20-14/h1-4,9,16,19-20H,5-8,10-12H2,(H,22,23)/t16-/m0/s1. The first-order valence-corrected chi connectivity index (χ1v) is 8.39. The van der Waals surface area contributed by atoms with Crippen molar-refractivity contribution in [1.82, 2.24) is 15.2 Å². The van der Waals surface area contributed by atoms with Crippen molar-refractivity contribution in [2.24, 2.45) is 5.41 Å². The van der Waals surface area contributed by atoms with Crippen molar-refractivity contribution in [3.63, 3.8) is 0 Å². The monoisotopic (exact) mass is 313 g/mol. The van der Waals surface area contributed by atoms with Crippen LogP contribution in [0.5, 0.6) is 0 Å². The zero-order valence-corrected chi connectivity index (χ0v) is 13.2. The fraction of sp³-hybridized carbons (Fsp3) is 0.500. The van der Waals surface area contributed by atoms with Crippen LogP contribution in [-0.2, 0) is 11.3 Å². The fourth-order valence-corrected chi connectivity index (χ4v) is 4.31. The summed E-state index contributed by atoms with van der Waals surface area (Å²) < 4.78 is 0. The van der Waals surface area contributed by atoms with Gasteiger partial charge in [-0.25, -0.2) is 0 Å². The predicted octanol–water partition coefficient (Wildman–Crippen LogP) is 2.20. The molecule has 1 aromatic heterocycles. The number of hydrogen-bond acceptors (Lipinski definition) is 3. The van der Waals surface area contributed by atoms with Crippen LogP contribution in [0.25, 0.3) is 10.9 Å². The van der Waals surface area contributed by atoms with Gasteiger partial charge in [0.2, 0.25) is 0 Å². The van der Waals surface area contributed by atoms with Crippen LogP contribution in [0, 0.1) is 5.41 Å². The van der Waals surface area contributed by atoms with Gasteiger partial charge in [0, 0.05) is 24.3 Å². The minimum Gasteiger partial charge on any atom is -0.480 e. The van der Waals surface area contributed by atoms with Gasteiger partial charge in [-0.3, -0.25) is 9.69 Å². The van der Waals surface area contributed by atoms with Gasteiger partial charge in [0.25, 0.3) is 0 Å². The number of hydrogen-bond donors (Lipinski definition) is 3. The molecule has 1 atom stereocenters. The average Bonchev–Trinajstić information content (AvgIpc) is 3.09. The summed E-state index contributed by atoms with van der Waals surface area (Å²) in [5.74, 6) is -0.684. The number of carboxylic acid groups (broad SMARTS) is 1. The SMILES string of the molecule is O=C(O)[C@@H]1CC2(CCNCC2)CN1Cc1cc2ccccc2[nH]1. The van der Waals surface area contributed by atoms with Crippen molar-refractivity contribution in [1.29, 1.82) is 0 Å². The minimum atomic E-state index is -0.684. The van der Waals surface area contributed by atoms with E-state index in [9.17, 15) is 9.90 Å². The van der Waals surface area contributed by atoms with Crippen molar-refractivity contribution < 1.29 is 9.90 Å². The molecular formula is C18H23N3O2. The Morgan fingerprint density at radius 3 is 2.83 bits per heavy atom. The first-order valence-electron chi connectivity index (χ1n) is 8.39. The number of rotatable bonds is 3. The van der Waals surface area contributed by atoms with Gasteiger partial charge in [0.1, 0.15) is 6.04 Å². The highest BCUT2D eigenvalue weighted by molar-refractivity contribution is 5.80. The lowest BCUT2D eigenvalue weighted by molar-refractivity contribution is -0.142. The van der Waals surface area contributed by atoms with E-state index in [2.05, 4.69) is 33.4 Å². The van der Waals surface area contributed by atoms with Gasteiger partial charge in [0.05, 0.1) is 0 Å². The molecule has 5 nitrogen and oxygen atoms in total. The highest BCUT2D eigenvalue weighted by atomic mass is 16.4. The number of aromatic amines is 1.